The number of rotatable bonds is 6. The van der Waals surface area contributed by atoms with Gasteiger partial charge in [0.15, 0.2) is 0 Å². The van der Waals surface area contributed by atoms with Crippen molar-refractivity contribution in [3.05, 3.63) is 29.3 Å². The largest absolute Gasteiger partial charge is 0.385 e. The molecule has 21 heavy (non-hydrogen) atoms. The van der Waals surface area contributed by atoms with Gasteiger partial charge in [-0.15, -0.1) is 0 Å². The van der Waals surface area contributed by atoms with Crippen molar-refractivity contribution in [1.29, 1.82) is 0 Å². The fourth-order valence-corrected chi connectivity index (χ4v) is 2.02. The zero-order valence-electron chi connectivity index (χ0n) is 13.5. The highest BCUT2D eigenvalue weighted by molar-refractivity contribution is 5.95. The van der Waals surface area contributed by atoms with Gasteiger partial charge < -0.3 is 16.0 Å². The van der Waals surface area contributed by atoms with Crippen molar-refractivity contribution in [3.8, 4) is 0 Å². The van der Waals surface area contributed by atoms with Crippen LogP contribution in [0.15, 0.2) is 18.2 Å². The second-order valence-corrected chi connectivity index (χ2v) is 5.71. The molecule has 1 aromatic carbocycles. The van der Waals surface area contributed by atoms with Crippen LogP contribution in [0.25, 0.3) is 0 Å². The minimum Gasteiger partial charge on any atom is -0.385 e. The van der Waals surface area contributed by atoms with Crippen molar-refractivity contribution < 1.29 is 9.59 Å². The summed E-state index contributed by atoms with van der Waals surface area (Å²) >= 11 is 0. The average Bonchev–Trinajstić information content (AvgIpc) is 2.46. The standard InChI is InChI=1S/C16H25N3O2/c1-6-18-13-8-7-12(9-11(13)2)14(20)19-10-16(3,4)15(21)17-5/h7-9,18H,6,10H2,1-5H3,(H,17,21)(H,19,20). The number of nitrogens with one attached hydrogen (secondary N) is 3. The predicted octanol–water partition coefficient (Wildman–Crippen LogP) is 1.93. The number of carbonyl (C=O) groups is 2. The molecule has 0 aliphatic carbocycles. The highest BCUT2D eigenvalue weighted by atomic mass is 16.2. The van der Waals surface area contributed by atoms with Crippen LogP contribution in [-0.2, 0) is 4.79 Å². The Kier molecular flexibility index (Phi) is 5.76. The minimum absolute atomic E-state index is 0.0959. The molecule has 0 saturated heterocycles. The second kappa shape index (κ2) is 7.11. The highest BCUT2D eigenvalue weighted by Crippen LogP contribution is 2.17. The molecule has 0 aliphatic rings. The summed E-state index contributed by atoms with van der Waals surface area (Å²) in [6.07, 6.45) is 0. The Labute approximate surface area is 126 Å². The third-order valence-electron chi connectivity index (χ3n) is 3.39. The van der Waals surface area contributed by atoms with Gasteiger partial charge in [0, 0.05) is 31.4 Å². The maximum atomic E-state index is 12.2. The van der Waals surface area contributed by atoms with E-state index >= 15 is 0 Å². The number of hydrogen-bond acceptors (Lipinski definition) is 3. The minimum atomic E-state index is -0.636. The van der Waals surface area contributed by atoms with Crippen molar-refractivity contribution in [2.45, 2.75) is 27.7 Å². The van der Waals surface area contributed by atoms with Crippen LogP contribution < -0.4 is 16.0 Å². The van der Waals surface area contributed by atoms with E-state index in [0.717, 1.165) is 17.8 Å². The van der Waals surface area contributed by atoms with Gasteiger partial charge in [0.25, 0.3) is 5.91 Å². The molecule has 0 fully saturated rings. The molecular weight excluding hydrogens is 266 g/mol. The number of benzene rings is 1. The maximum absolute atomic E-state index is 12.2. The highest BCUT2D eigenvalue weighted by Gasteiger charge is 2.27. The van der Waals surface area contributed by atoms with Crippen LogP contribution in [0.4, 0.5) is 5.69 Å². The van der Waals surface area contributed by atoms with Crippen LogP contribution in [-0.4, -0.2) is 32.0 Å². The van der Waals surface area contributed by atoms with Crippen LogP contribution in [0.5, 0.6) is 0 Å². The van der Waals surface area contributed by atoms with Crippen LogP contribution >= 0.6 is 0 Å². The fourth-order valence-electron chi connectivity index (χ4n) is 2.02. The SMILES string of the molecule is CCNc1ccc(C(=O)NCC(C)(C)C(=O)NC)cc1C. The first kappa shape index (κ1) is 17.0. The van der Waals surface area contributed by atoms with Gasteiger partial charge in [0.05, 0.1) is 5.41 Å². The van der Waals surface area contributed by atoms with E-state index < -0.39 is 5.41 Å². The number of aryl methyl sites for hydroxylation is 1. The molecule has 1 aromatic rings. The van der Waals surface area contributed by atoms with Gasteiger partial charge in [-0.1, -0.05) is 0 Å². The smallest absolute Gasteiger partial charge is 0.251 e. The van der Waals surface area contributed by atoms with Gasteiger partial charge in [0.2, 0.25) is 5.91 Å². The van der Waals surface area contributed by atoms with Gasteiger partial charge >= 0.3 is 0 Å². The zero-order chi connectivity index (χ0) is 16.0. The summed E-state index contributed by atoms with van der Waals surface area (Å²) in [4.78, 5) is 23.8. The molecule has 0 heterocycles. The van der Waals surface area contributed by atoms with Crippen LogP contribution in [0.3, 0.4) is 0 Å². The third-order valence-corrected chi connectivity index (χ3v) is 3.39. The van der Waals surface area contributed by atoms with Gasteiger partial charge in [-0.3, -0.25) is 9.59 Å². The number of anilines is 1. The molecule has 1 rings (SSSR count). The van der Waals surface area contributed by atoms with Crippen molar-refractivity contribution >= 4 is 17.5 Å². The van der Waals surface area contributed by atoms with E-state index in [1.165, 1.54) is 0 Å². The molecule has 5 heteroatoms. The summed E-state index contributed by atoms with van der Waals surface area (Å²) in [5, 5.41) is 8.65. The van der Waals surface area contributed by atoms with E-state index in [-0.39, 0.29) is 11.8 Å². The molecule has 0 spiro atoms. The summed E-state index contributed by atoms with van der Waals surface area (Å²) in [6.45, 7) is 8.72. The van der Waals surface area contributed by atoms with Crippen LogP contribution in [0.1, 0.15) is 36.7 Å². The molecule has 5 nitrogen and oxygen atoms in total. The van der Waals surface area contributed by atoms with Gasteiger partial charge in [-0.05, 0) is 51.5 Å². The quantitative estimate of drug-likeness (QED) is 0.750. The lowest BCUT2D eigenvalue weighted by Crippen LogP contribution is -2.43. The number of carbonyl (C=O) groups excluding carboxylic acids is 2. The van der Waals surface area contributed by atoms with E-state index in [4.69, 9.17) is 0 Å². The van der Waals surface area contributed by atoms with Crippen molar-refractivity contribution in [2.24, 2.45) is 5.41 Å². The predicted molar refractivity (Wildman–Crippen MR) is 85.5 cm³/mol. The van der Waals surface area contributed by atoms with Gasteiger partial charge in [-0.25, -0.2) is 0 Å². The lowest BCUT2D eigenvalue weighted by molar-refractivity contribution is -0.128. The first-order valence-electron chi connectivity index (χ1n) is 7.16. The Balaban J connectivity index is 2.72. The zero-order valence-corrected chi connectivity index (χ0v) is 13.5. The Bertz CT molecular complexity index is 524. The van der Waals surface area contributed by atoms with Crippen molar-refractivity contribution in [1.82, 2.24) is 10.6 Å². The summed E-state index contributed by atoms with van der Waals surface area (Å²) in [5.41, 5.74) is 2.01. The topological polar surface area (TPSA) is 70.2 Å². The Morgan fingerprint density at radius 3 is 2.43 bits per heavy atom. The fraction of sp³-hybridized carbons (Fsp3) is 0.500. The first-order valence-corrected chi connectivity index (χ1v) is 7.16. The lowest BCUT2D eigenvalue weighted by atomic mass is 9.92. The Morgan fingerprint density at radius 1 is 1.24 bits per heavy atom. The van der Waals surface area contributed by atoms with Gasteiger partial charge in [0.1, 0.15) is 0 Å². The maximum Gasteiger partial charge on any atom is 0.251 e. The summed E-state index contributed by atoms with van der Waals surface area (Å²) in [7, 11) is 1.59. The van der Waals surface area contributed by atoms with E-state index in [2.05, 4.69) is 16.0 Å². The lowest BCUT2D eigenvalue weighted by Gasteiger charge is -2.22. The molecule has 0 aliphatic heterocycles. The molecule has 2 amide bonds. The summed E-state index contributed by atoms with van der Waals surface area (Å²) < 4.78 is 0. The molecule has 0 atom stereocenters. The molecular formula is C16H25N3O2. The number of hydrogen-bond donors (Lipinski definition) is 3. The Morgan fingerprint density at radius 2 is 1.90 bits per heavy atom. The van der Waals surface area contributed by atoms with E-state index in [9.17, 15) is 9.59 Å². The normalized spacial score (nSPS) is 10.9. The summed E-state index contributed by atoms with van der Waals surface area (Å²) in [6, 6.07) is 5.53. The second-order valence-electron chi connectivity index (χ2n) is 5.71. The molecule has 0 unspecified atom stereocenters. The molecule has 0 bridgehead atoms. The van der Waals surface area contributed by atoms with E-state index in [1.54, 1.807) is 27.0 Å². The Hall–Kier alpha value is -2.04. The van der Waals surface area contributed by atoms with Crippen molar-refractivity contribution in [2.75, 3.05) is 25.5 Å². The third kappa shape index (κ3) is 4.48. The van der Waals surface area contributed by atoms with Crippen molar-refractivity contribution in [3.63, 3.8) is 0 Å². The van der Waals surface area contributed by atoms with Gasteiger partial charge in [-0.2, -0.15) is 0 Å². The first-order chi connectivity index (χ1) is 9.81. The van der Waals surface area contributed by atoms with Crippen LogP contribution in [0.2, 0.25) is 0 Å². The molecule has 0 radical (unpaired) electrons. The average molecular weight is 291 g/mol. The summed E-state index contributed by atoms with van der Waals surface area (Å²) in [5.74, 6) is -0.264. The van der Waals surface area contributed by atoms with E-state index in [0.29, 0.717) is 12.1 Å². The monoisotopic (exact) mass is 291 g/mol. The molecule has 0 saturated carbocycles. The molecule has 0 aromatic heterocycles. The molecule has 116 valence electrons. The van der Waals surface area contributed by atoms with Crippen LogP contribution in [0, 0.1) is 12.3 Å². The van der Waals surface area contributed by atoms with E-state index in [1.807, 2.05) is 26.0 Å². The molecule has 3 N–H and O–H groups in total. The number of amides is 2.